The number of benzene rings is 1. The molecule has 1 aromatic carbocycles. The van der Waals surface area contributed by atoms with Crippen molar-refractivity contribution in [3.05, 3.63) is 78.1 Å². The van der Waals surface area contributed by atoms with Crippen molar-refractivity contribution in [2.45, 2.75) is 19.9 Å². The summed E-state index contributed by atoms with van der Waals surface area (Å²) in [7, 11) is 0. The Labute approximate surface area is 188 Å². The second kappa shape index (κ2) is 10.7. The molecule has 0 radical (unpaired) electrons. The number of hydrogen-bond acceptors (Lipinski definition) is 6. The number of aliphatic hydroxyl groups is 1. The van der Waals surface area contributed by atoms with Gasteiger partial charge in [0.15, 0.2) is 0 Å². The number of rotatable bonds is 10. The van der Waals surface area contributed by atoms with E-state index in [1.807, 2.05) is 12.1 Å². The normalized spacial score (nSPS) is 17.7. The minimum Gasteiger partial charge on any atom is -0.507 e. The highest BCUT2D eigenvalue weighted by Crippen LogP contribution is 2.40. The summed E-state index contributed by atoms with van der Waals surface area (Å²) in [5.41, 5.74) is 1.20. The lowest BCUT2D eigenvalue weighted by atomic mass is 9.95. The summed E-state index contributed by atoms with van der Waals surface area (Å²) in [6.07, 6.45) is 4.71. The van der Waals surface area contributed by atoms with E-state index in [4.69, 9.17) is 4.74 Å². The number of aliphatic hydroxyl groups excluding tert-OH is 1. The Morgan fingerprint density at radius 2 is 1.94 bits per heavy atom. The van der Waals surface area contributed by atoms with E-state index in [1.54, 1.807) is 35.2 Å². The van der Waals surface area contributed by atoms with Gasteiger partial charge in [-0.1, -0.05) is 38.6 Å². The largest absolute Gasteiger partial charge is 0.507 e. The van der Waals surface area contributed by atoms with E-state index in [-0.39, 0.29) is 11.3 Å². The van der Waals surface area contributed by atoms with Crippen molar-refractivity contribution in [2.75, 3.05) is 32.8 Å². The molecule has 1 unspecified atom stereocenters. The number of ketones is 1. The summed E-state index contributed by atoms with van der Waals surface area (Å²) in [5, 5.41) is 11.0. The fourth-order valence-electron chi connectivity index (χ4n) is 3.84. The molecule has 2 heterocycles. The standard InChI is InChI=1S/C25H29N3O4/c1-4-16-32-20-9-7-8-19(17-20)22-21(23(29)18-10-12-26-13-11-18)24(30)25(31)28(22)15-14-27(5-2)6-3/h4,7-13,17,22,29H,1,5-6,14-16H2,2-3H3/b23-21+. The van der Waals surface area contributed by atoms with Crippen LogP contribution in [0.25, 0.3) is 5.76 Å². The van der Waals surface area contributed by atoms with Crippen molar-refractivity contribution < 1.29 is 19.4 Å². The molecular formula is C25H29N3O4. The molecule has 32 heavy (non-hydrogen) atoms. The van der Waals surface area contributed by atoms with Gasteiger partial charge < -0.3 is 19.6 Å². The van der Waals surface area contributed by atoms with Crippen LogP contribution < -0.4 is 4.74 Å². The lowest BCUT2D eigenvalue weighted by Crippen LogP contribution is -2.38. The average molecular weight is 436 g/mol. The first-order valence-corrected chi connectivity index (χ1v) is 10.8. The molecule has 168 valence electrons. The molecule has 3 rings (SSSR count). The van der Waals surface area contributed by atoms with Crippen LogP contribution in [0.15, 0.2) is 67.0 Å². The van der Waals surface area contributed by atoms with Crippen LogP contribution in [0.1, 0.15) is 31.0 Å². The first kappa shape index (κ1) is 23.2. The van der Waals surface area contributed by atoms with Crippen LogP contribution in [-0.2, 0) is 9.59 Å². The van der Waals surface area contributed by atoms with Gasteiger partial charge in [0.05, 0.1) is 11.6 Å². The lowest BCUT2D eigenvalue weighted by Gasteiger charge is -2.28. The van der Waals surface area contributed by atoms with Crippen molar-refractivity contribution in [1.82, 2.24) is 14.8 Å². The topological polar surface area (TPSA) is 83.0 Å². The molecule has 0 saturated carbocycles. The summed E-state index contributed by atoms with van der Waals surface area (Å²) in [6.45, 7) is 10.8. The molecule has 7 nitrogen and oxygen atoms in total. The van der Waals surface area contributed by atoms with E-state index in [2.05, 4.69) is 30.3 Å². The molecule has 1 aliphatic rings. The van der Waals surface area contributed by atoms with Crippen LogP contribution in [0.4, 0.5) is 0 Å². The number of aromatic nitrogens is 1. The Morgan fingerprint density at radius 3 is 2.59 bits per heavy atom. The monoisotopic (exact) mass is 435 g/mol. The fraction of sp³-hybridized carbons (Fsp3) is 0.320. The zero-order valence-electron chi connectivity index (χ0n) is 18.5. The molecule has 1 saturated heterocycles. The Hall–Kier alpha value is -3.45. The third kappa shape index (κ3) is 4.89. The predicted octanol–water partition coefficient (Wildman–Crippen LogP) is 3.41. The smallest absolute Gasteiger partial charge is 0.295 e. The summed E-state index contributed by atoms with van der Waals surface area (Å²) < 4.78 is 5.66. The van der Waals surface area contributed by atoms with Gasteiger partial charge in [0.25, 0.3) is 11.7 Å². The third-order valence-electron chi connectivity index (χ3n) is 5.59. The van der Waals surface area contributed by atoms with Crippen LogP contribution >= 0.6 is 0 Å². The number of carbonyl (C=O) groups is 2. The average Bonchev–Trinajstić information content (AvgIpc) is 3.08. The summed E-state index contributed by atoms with van der Waals surface area (Å²) in [5.74, 6) is -0.921. The van der Waals surface area contributed by atoms with Gasteiger partial charge in [0.2, 0.25) is 0 Å². The SMILES string of the molecule is C=CCOc1cccc(C2/C(=C(\O)c3ccncc3)C(=O)C(=O)N2CCN(CC)CC)c1. The number of ether oxygens (including phenoxy) is 1. The molecule has 1 aromatic heterocycles. The Bertz CT molecular complexity index is 999. The number of carbonyl (C=O) groups excluding carboxylic acids is 2. The molecular weight excluding hydrogens is 406 g/mol. The summed E-state index contributed by atoms with van der Waals surface area (Å²) in [4.78, 5) is 33.8. The Kier molecular flexibility index (Phi) is 7.78. The summed E-state index contributed by atoms with van der Waals surface area (Å²) in [6, 6.07) is 9.75. The lowest BCUT2D eigenvalue weighted by molar-refractivity contribution is -0.140. The molecule has 1 N–H and O–H groups in total. The van der Waals surface area contributed by atoms with Gasteiger partial charge in [0, 0.05) is 31.0 Å². The van der Waals surface area contributed by atoms with E-state index < -0.39 is 17.7 Å². The molecule has 1 amide bonds. The highest BCUT2D eigenvalue weighted by atomic mass is 16.5. The zero-order valence-corrected chi connectivity index (χ0v) is 18.5. The van der Waals surface area contributed by atoms with Crippen LogP contribution in [-0.4, -0.2) is 64.4 Å². The number of nitrogens with zero attached hydrogens (tertiary/aromatic N) is 3. The van der Waals surface area contributed by atoms with Gasteiger partial charge in [-0.15, -0.1) is 0 Å². The van der Waals surface area contributed by atoms with E-state index in [0.717, 1.165) is 13.1 Å². The van der Waals surface area contributed by atoms with Crippen LogP contribution in [0, 0.1) is 0 Å². The van der Waals surface area contributed by atoms with E-state index in [1.165, 1.54) is 12.4 Å². The number of amides is 1. The molecule has 0 spiro atoms. The maximum absolute atomic E-state index is 13.1. The third-order valence-corrected chi connectivity index (χ3v) is 5.59. The van der Waals surface area contributed by atoms with Crippen molar-refractivity contribution >= 4 is 17.4 Å². The molecule has 0 bridgehead atoms. The molecule has 2 aromatic rings. The fourth-order valence-corrected chi connectivity index (χ4v) is 3.84. The predicted molar refractivity (Wildman–Crippen MR) is 123 cm³/mol. The number of likely N-dealkylation sites (tertiary alicyclic amines) is 1. The first-order chi connectivity index (χ1) is 15.5. The maximum Gasteiger partial charge on any atom is 0.295 e. The molecule has 1 aliphatic heterocycles. The summed E-state index contributed by atoms with van der Waals surface area (Å²) >= 11 is 0. The van der Waals surface area contributed by atoms with Gasteiger partial charge in [0.1, 0.15) is 18.1 Å². The van der Waals surface area contributed by atoms with Crippen LogP contribution in [0.3, 0.4) is 0 Å². The number of hydrogen-bond donors (Lipinski definition) is 1. The molecule has 1 fully saturated rings. The first-order valence-electron chi connectivity index (χ1n) is 10.8. The van der Waals surface area contributed by atoms with Crippen LogP contribution in [0.5, 0.6) is 5.75 Å². The minimum atomic E-state index is -0.717. The zero-order chi connectivity index (χ0) is 23.1. The number of Topliss-reactive ketones (excluding diaryl/α,β-unsaturated/α-hetero) is 1. The highest BCUT2D eigenvalue weighted by Gasteiger charge is 2.46. The van der Waals surface area contributed by atoms with E-state index in [0.29, 0.717) is 36.6 Å². The van der Waals surface area contributed by atoms with Crippen molar-refractivity contribution in [3.8, 4) is 5.75 Å². The van der Waals surface area contributed by atoms with Crippen LogP contribution in [0.2, 0.25) is 0 Å². The minimum absolute atomic E-state index is 0.0709. The molecule has 7 heteroatoms. The van der Waals surface area contributed by atoms with E-state index >= 15 is 0 Å². The van der Waals surface area contributed by atoms with Gasteiger partial charge in [-0.2, -0.15) is 0 Å². The van der Waals surface area contributed by atoms with Gasteiger partial charge in [-0.25, -0.2) is 0 Å². The Balaban J connectivity index is 2.08. The Morgan fingerprint density at radius 1 is 1.22 bits per heavy atom. The molecule has 1 atom stereocenters. The van der Waals surface area contributed by atoms with Gasteiger partial charge >= 0.3 is 0 Å². The second-order valence-electron chi connectivity index (χ2n) is 7.43. The van der Waals surface area contributed by atoms with Crippen molar-refractivity contribution in [1.29, 1.82) is 0 Å². The van der Waals surface area contributed by atoms with Gasteiger partial charge in [-0.3, -0.25) is 14.6 Å². The van der Waals surface area contributed by atoms with E-state index in [9.17, 15) is 14.7 Å². The van der Waals surface area contributed by atoms with Gasteiger partial charge in [-0.05, 0) is 42.9 Å². The molecule has 0 aliphatic carbocycles. The number of likely N-dealkylation sites (N-methyl/N-ethyl adjacent to an activating group) is 1. The highest BCUT2D eigenvalue weighted by molar-refractivity contribution is 6.46. The number of pyridine rings is 1. The quantitative estimate of drug-likeness (QED) is 0.267. The maximum atomic E-state index is 13.1. The van der Waals surface area contributed by atoms with Crippen molar-refractivity contribution in [3.63, 3.8) is 0 Å². The second-order valence-corrected chi connectivity index (χ2v) is 7.43. The van der Waals surface area contributed by atoms with Crippen molar-refractivity contribution in [2.24, 2.45) is 0 Å².